The highest BCUT2D eigenvalue weighted by Crippen LogP contribution is 2.27. The molecule has 1 aliphatic rings. The average molecular weight is 406 g/mol. The van der Waals surface area contributed by atoms with Gasteiger partial charge in [0, 0.05) is 38.6 Å². The number of aromatic nitrogens is 3. The van der Waals surface area contributed by atoms with Gasteiger partial charge >= 0.3 is 0 Å². The fourth-order valence-corrected chi connectivity index (χ4v) is 3.64. The number of pyridine rings is 1. The van der Waals surface area contributed by atoms with Crippen LogP contribution in [-0.4, -0.2) is 59.2 Å². The van der Waals surface area contributed by atoms with Gasteiger partial charge in [0.2, 0.25) is 0 Å². The Balaban J connectivity index is 1.48. The van der Waals surface area contributed by atoms with Crippen molar-refractivity contribution in [3.8, 4) is 0 Å². The van der Waals surface area contributed by atoms with Gasteiger partial charge in [-0.2, -0.15) is 0 Å². The van der Waals surface area contributed by atoms with Gasteiger partial charge in [0.1, 0.15) is 0 Å². The van der Waals surface area contributed by atoms with Crippen LogP contribution in [0.5, 0.6) is 0 Å². The summed E-state index contributed by atoms with van der Waals surface area (Å²) in [7, 11) is 0. The van der Waals surface area contributed by atoms with Crippen molar-refractivity contribution in [3.05, 3.63) is 54.4 Å². The molecule has 0 spiro atoms. The number of ether oxygens (including phenoxy) is 1. The third kappa shape index (κ3) is 4.65. The summed E-state index contributed by atoms with van der Waals surface area (Å²) in [5.41, 5.74) is 2.23. The van der Waals surface area contributed by atoms with Crippen LogP contribution in [-0.2, 0) is 4.74 Å². The minimum absolute atomic E-state index is 0.119. The topological polar surface area (TPSA) is 92.3 Å². The fourth-order valence-electron chi connectivity index (χ4n) is 3.64. The molecule has 1 amide bonds. The normalized spacial score (nSPS) is 18.9. The number of fused-ring (bicyclic) bond motifs is 1. The van der Waals surface area contributed by atoms with Crippen molar-refractivity contribution in [3.63, 3.8) is 0 Å². The molecule has 0 bridgehead atoms. The Kier molecular flexibility index (Phi) is 6.04. The largest absolute Gasteiger partial charge is 0.372 e. The van der Waals surface area contributed by atoms with Crippen LogP contribution < -0.4 is 15.5 Å². The maximum absolute atomic E-state index is 12.2. The van der Waals surface area contributed by atoms with Gasteiger partial charge in [-0.05, 0) is 38.1 Å². The van der Waals surface area contributed by atoms with Crippen LogP contribution >= 0.6 is 0 Å². The molecule has 3 heterocycles. The summed E-state index contributed by atoms with van der Waals surface area (Å²) in [6, 6.07) is 11.3. The van der Waals surface area contributed by atoms with E-state index in [9.17, 15) is 4.79 Å². The molecule has 156 valence electrons. The van der Waals surface area contributed by atoms with Crippen LogP contribution in [0.25, 0.3) is 11.0 Å². The summed E-state index contributed by atoms with van der Waals surface area (Å²) in [5.74, 6) is 1.38. The highest BCUT2D eigenvalue weighted by molar-refractivity contribution is 5.93. The molecule has 30 heavy (non-hydrogen) atoms. The first-order valence-corrected chi connectivity index (χ1v) is 10.2. The minimum Gasteiger partial charge on any atom is -0.372 e. The summed E-state index contributed by atoms with van der Waals surface area (Å²) in [6.07, 6.45) is 3.43. The quantitative estimate of drug-likeness (QED) is 0.608. The summed E-state index contributed by atoms with van der Waals surface area (Å²) < 4.78 is 5.87. The van der Waals surface area contributed by atoms with Crippen molar-refractivity contribution in [1.82, 2.24) is 20.3 Å². The molecule has 1 saturated heterocycles. The zero-order chi connectivity index (χ0) is 20.9. The first-order chi connectivity index (χ1) is 14.6. The highest BCUT2D eigenvalue weighted by Gasteiger charge is 2.26. The molecule has 0 radical (unpaired) electrons. The second-order valence-corrected chi connectivity index (χ2v) is 7.47. The summed E-state index contributed by atoms with van der Waals surface area (Å²) in [5, 5.41) is 6.25. The molecule has 1 fully saturated rings. The number of anilines is 2. The number of amides is 1. The monoisotopic (exact) mass is 406 g/mol. The number of carbonyl (C=O) groups is 1. The molecule has 1 aromatic carbocycles. The van der Waals surface area contributed by atoms with Crippen LogP contribution in [0.1, 0.15) is 24.2 Å². The van der Waals surface area contributed by atoms with Crippen molar-refractivity contribution in [2.45, 2.75) is 26.1 Å². The SMILES string of the molecule is C[C@@H]1CN(c2nc3ccccc3nc2NCCNC(=O)c2cccnc2)C[C@@H](C)O1. The number of rotatable bonds is 6. The molecule has 8 nitrogen and oxygen atoms in total. The van der Waals surface area contributed by atoms with Gasteiger partial charge in [0.15, 0.2) is 11.6 Å². The van der Waals surface area contributed by atoms with E-state index in [1.165, 1.54) is 0 Å². The Hall–Kier alpha value is -3.26. The number of benzene rings is 1. The Morgan fingerprint density at radius 3 is 2.50 bits per heavy atom. The van der Waals surface area contributed by atoms with Crippen LogP contribution in [0.15, 0.2) is 48.8 Å². The Bertz CT molecular complexity index is 1000. The van der Waals surface area contributed by atoms with Crippen LogP contribution in [0.3, 0.4) is 0 Å². The molecule has 4 rings (SSSR count). The predicted octanol–water partition coefficient (Wildman–Crippen LogP) is 2.48. The third-order valence-electron chi connectivity index (χ3n) is 4.90. The molecular formula is C22H26N6O2. The Morgan fingerprint density at radius 1 is 1.07 bits per heavy atom. The van der Waals surface area contributed by atoms with Crippen molar-refractivity contribution in [2.75, 3.05) is 36.4 Å². The number of para-hydroxylation sites is 2. The van der Waals surface area contributed by atoms with Gasteiger partial charge < -0.3 is 20.3 Å². The lowest BCUT2D eigenvalue weighted by atomic mass is 10.2. The molecule has 2 N–H and O–H groups in total. The average Bonchev–Trinajstić information content (AvgIpc) is 2.76. The molecule has 0 saturated carbocycles. The molecule has 8 heteroatoms. The van der Waals surface area contributed by atoms with E-state index < -0.39 is 0 Å². The van der Waals surface area contributed by atoms with Gasteiger partial charge in [0.25, 0.3) is 5.91 Å². The maximum Gasteiger partial charge on any atom is 0.252 e. The smallest absolute Gasteiger partial charge is 0.252 e. The van der Waals surface area contributed by atoms with Crippen LogP contribution in [0, 0.1) is 0 Å². The van der Waals surface area contributed by atoms with E-state index in [1.54, 1.807) is 24.5 Å². The lowest BCUT2D eigenvalue weighted by Gasteiger charge is -2.36. The zero-order valence-electron chi connectivity index (χ0n) is 17.2. The fraction of sp³-hybridized carbons (Fsp3) is 0.364. The molecule has 1 aliphatic heterocycles. The second kappa shape index (κ2) is 9.04. The number of nitrogens with one attached hydrogen (secondary N) is 2. The van der Waals surface area contributed by atoms with E-state index in [0.717, 1.165) is 29.9 Å². The third-order valence-corrected chi connectivity index (χ3v) is 4.90. The number of hydrogen-bond donors (Lipinski definition) is 2. The van der Waals surface area contributed by atoms with Gasteiger partial charge in [-0.1, -0.05) is 12.1 Å². The molecule has 0 unspecified atom stereocenters. The predicted molar refractivity (Wildman–Crippen MR) is 117 cm³/mol. The lowest BCUT2D eigenvalue weighted by Crippen LogP contribution is -2.46. The Morgan fingerprint density at radius 2 is 1.80 bits per heavy atom. The molecule has 2 atom stereocenters. The van der Waals surface area contributed by atoms with Gasteiger partial charge in [-0.15, -0.1) is 0 Å². The van der Waals surface area contributed by atoms with Crippen molar-refractivity contribution in [1.29, 1.82) is 0 Å². The van der Waals surface area contributed by atoms with E-state index >= 15 is 0 Å². The van der Waals surface area contributed by atoms with Crippen LogP contribution in [0.4, 0.5) is 11.6 Å². The van der Waals surface area contributed by atoms with Gasteiger partial charge in [-0.25, -0.2) is 9.97 Å². The lowest BCUT2D eigenvalue weighted by molar-refractivity contribution is -0.00541. The van der Waals surface area contributed by atoms with E-state index in [2.05, 4.69) is 34.4 Å². The Labute approximate surface area is 175 Å². The number of carbonyl (C=O) groups excluding carboxylic acids is 1. The van der Waals surface area contributed by atoms with Crippen LogP contribution in [0.2, 0.25) is 0 Å². The summed E-state index contributed by atoms with van der Waals surface area (Å²) in [4.78, 5) is 28.1. The zero-order valence-corrected chi connectivity index (χ0v) is 17.2. The number of morpholine rings is 1. The van der Waals surface area contributed by atoms with E-state index in [1.807, 2.05) is 24.3 Å². The summed E-state index contributed by atoms with van der Waals surface area (Å²) in [6.45, 7) is 6.63. The highest BCUT2D eigenvalue weighted by atomic mass is 16.5. The summed E-state index contributed by atoms with van der Waals surface area (Å²) >= 11 is 0. The molecule has 3 aromatic rings. The minimum atomic E-state index is -0.148. The van der Waals surface area contributed by atoms with Gasteiger partial charge in [0.05, 0.1) is 28.8 Å². The van der Waals surface area contributed by atoms with E-state index in [0.29, 0.717) is 24.5 Å². The van der Waals surface area contributed by atoms with E-state index in [4.69, 9.17) is 14.7 Å². The van der Waals surface area contributed by atoms with Crippen molar-refractivity contribution < 1.29 is 9.53 Å². The van der Waals surface area contributed by atoms with Gasteiger partial charge in [-0.3, -0.25) is 9.78 Å². The van der Waals surface area contributed by atoms with E-state index in [-0.39, 0.29) is 18.1 Å². The molecule has 0 aliphatic carbocycles. The standard InChI is InChI=1S/C22H26N6O2/c1-15-13-28(14-16(2)30-15)21-20(26-18-7-3-4-8-19(18)27-21)24-10-11-25-22(29)17-6-5-9-23-12-17/h3-9,12,15-16H,10-11,13-14H2,1-2H3,(H,24,26)(H,25,29)/t15-,16-/m1/s1. The second-order valence-electron chi connectivity index (χ2n) is 7.47. The first kappa shape index (κ1) is 20.0. The molecular weight excluding hydrogens is 380 g/mol. The van der Waals surface area contributed by atoms with Crippen molar-refractivity contribution in [2.24, 2.45) is 0 Å². The number of hydrogen-bond acceptors (Lipinski definition) is 7. The maximum atomic E-state index is 12.2. The first-order valence-electron chi connectivity index (χ1n) is 10.2. The molecule has 2 aromatic heterocycles. The number of nitrogens with zero attached hydrogens (tertiary/aromatic N) is 4. The van der Waals surface area contributed by atoms with Crippen molar-refractivity contribution >= 4 is 28.6 Å².